The zero-order valence-electron chi connectivity index (χ0n) is 13.6. The average molecular weight is 339 g/mol. The van der Waals surface area contributed by atoms with E-state index in [0.29, 0.717) is 4.73 Å². The topological polar surface area (TPSA) is 135 Å². The van der Waals surface area contributed by atoms with Crippen LogP contribution in [0.25, 0.3) is 6.08 Å². The molecule has 0 spiro atoms. The first-order valence-corrected chi connectivity index (χ1v) is 6.70. The number of carbonyl (C=O) groups excluding carboxylic acids is 2. The number of nitro groups is 1. The molecular weight excluding hydrogens is 322 g/mol. The summed E-state index contributed by atoms with van der Waals surface area (Å²) in [6, 6.07) is 0.973. The third-order valence-electron chi connectivity index (χ3n) is 2.48. The Kier molecular flexibility index (Phi) is 5.82. The molecule has 0 bridgehead atoms. The van der Waals surface area contributed by atoms with E-state index >= 15 is 0 Å². The van der Waals surface area contributed by atoms with Crippen molar-refractivity contribution in [1.29, 1.82) is 0 Å². The summed E-state index contributed by atoms with van der Waals surface area (Å²) >= 11 is 0. The summed E-state index contributed by atoms with van der Waals surface area (Å²) in [6.07, 6.45) is 1.84. The molecule has 0 unspecified atom stereocenters. The second kappa shape index (κ2) is 7.40. The SMILES string of the molecule is COC(=O)/C(=C/c1c[n+]([O-])ccc1[N+](=O)[O-])NC(=O)OC(C)(C)C. The number of rotatable bonds is 4. The van der Waals surface area contributed by atoms with Crippen LogP contribution in [0.2, 0.25) is 0 Å². The number of hydrogen-bond acceptors (Lipinski definition) is 7. The molecule has 1 aromatic rings. The second-order valence-electron chi connectivity index (χ2n) is 5.58. The number of ether oxygens (including phenoxy) is 2. The molecule has 10 nitrogen and oxygen atoms in total. The van der Waals surface area contributed by atoms with Crippen LogP contribution in [0.4, 0.5) is 10.5 Å². The van der Waals surface area contributed by atoms with Crippen LogP contribution in [0.3, 0.4) is 0 Å². The molecule has 1 amide bonds. The molecule has 0 aliphatic heterocycles. The molecule has 10 heteroatoms. The number of carbonyl (C=O) groups is 2. The highest BCUT2D eigenvalue weighted by Gasteiger charge is 2.22. The Morgan fingerprint density at radius 3 is 2.50 bits per heavy atom. The molecular formula is C14H17N3O7. The van der Waals surface area contributed by atoms with Crippen LogP contribution >= 0.6 is 0 Å². The van der Waals surface area contributed by atoms with E-state index in [1.165, 1.54) is 0 Å². The average Bonchev–Trinajstić information content (AvgIpc) is 2.43. The van der Waals surface area contributed by atoms with Crippen molar-refractivity contribution in [3.8, 4) is 0 Å². The minimum absolute atomic E-state index is 0.186. The first-order chi connectivity index (χ1) is 11.0. The number of pyridine rings is 1. The molecule has 0 aromatic carbocycles. The summed E-state index contributed by atoms with van der Waals surface area (Å²) in [5.41, 5.74) is -1.84. The monoisotopic (exact) mass is 339 g/mol. The normalized spacial score (nSPS) is 11.6. The molecule has 1 N–H and O–H groups in total. The molecule has 1 aromatic heterocycles. The van der Waals surface area contributed by atoms with E-state index in [9.17, 15) is 24.9 Å². The Hall–Kier alpha value is -3.17. The Morgan fingerprint density at radius 1 is 1.38 bits per heavy atom. The Balaban J connectivity index is 3.24. The van der Waals surface area contributed by atoms with E-state index in [-0.39, 0.29) is 5.56 Å². The lowest BCUT2D eigenvalue weighted by atomic mass is 10.2. The van der Waals surface area contributed by atoms with Crippen LogP contribution in [0, 0.1) is 15.3 Å². The molecule has 0 fully saturated rings. The number of alkyl carbamates (subject to hydrolysis) is 1. The number of methoxy groups -OCH3 is 1. The molecule has 0 saturated heterocycles. The van der Waals surface area contributed by atoms with E-state index in [1.807, 2.05) is 0 Å². The second-order valence-corrected chi connectivity index (χ2v) is 5.58. The molecule has 1 rings (SSSR count). The maximum Gasteiger partial charge on any atom is 0.412 e. The van der Waals surface area contributed by atoms with Gasteiger partial charge in [-0.05, 0) is 26.8 Å². The van der Waals surface area contributed by atoms with Gasteiger partial charge in [-0.25, -0.2) is 9.59 Å². The van der Waals surface area contributed by atoms with Crippen molar-refractivity contribution in [3.05, 3.63) is 45.0 Å². The van der Waals surface area contributed by atoms with Crippen molar-refractivity contribution in [1.82, 2.24) is 5.32 Å². The highest BCUT2D eigenvalue weighted by atomic mass is 16.6. The smallest absolute Gasteiger partial charge is 0.412 e. The standard InChI is InChI=1S/C14H17N3O7/c1-14(2,3)24-13(19)15-10(12(18)23-4)7-9-8-16(20)6-5-11(9)17(21)22/h5-8H,1-4H3,(H,15,19)/b10-7-. The third-order valence-corrected chi connectivity index (χ3v) is 2.48. The van der Waals surface area contributed by atoms with Gasteiger partial charge in [0.2, 0.25) is 0 Å². The minimum Gasteiger partial charge on any atom is -0.619 e. The Morgan fingerprint density at radius 2 is 2.00 bits per heavy atom. The zero-order valence-corrected chi connectivity index (χ0v) is 13.6. The minimum atomic E-state index is -0.962. The van der Waals surface area contributed by atoms with Gasteiger partial charge in [-0.3, -0.25) is 15.4 Å². The van der Waals surface area contributed by atoms with Gasteiger partial charge >= 0.3 is 12.1 Å². The maximum atomic E-state index is 11.8. The van der Waals surface area contributed by atoms with Crippen molar-refractivity contribution in [2.45, 2.75) is 26.4 Å². The summed E-state index contributed by atoms with van der Waals surface area (Å²) in [6.45, 7) is 4.86. The highest BCUT2D eigenvalue weighted by Crippen LogP contribution is 2.19. The van der Waals surface area contributed by atoms with E-state index in [1.54, 1.807) is 20.8 Å². The van der Waals surface area contributed by atoms with Crippen molar-refractivity contribution < 1.29 is 28.7 Å². The lowest BCUT2D eigenvalue weighted by Gasteiger charge is -2.20. The van der Waals surface area contributed by atoms with Crippen LogP contribution in [-0.2, 0) is 14.3 Å². The molecule has 130 valence electrons. The highest BCUT2D eigenvalue weighted by molar-refractivity contribution is 5.97. The van der Waals surface area contributed by atoms with Crippen LogP contribution in [-0.4, -0.2) is 29.7 Å². The predicted molar refractivity (Wildman–Crippen MR) is 81.4 cm³/mol. The molecule has 0 aliphatic carbocycles. The summed E-state index contributed by atoms with van der Waals surface area (Å²) < 4.78 is 9.84. The number of nitrogens with one attached hydrogen (secondary N) is 1. The summed E-state index contributed by atoms with van der Waals surface area (Å²) in [5, 5.41) is 24.5. The number of hydrogen-bond donors (Lipinski definition) is 1. The quantitative estimate of drug-likeness (QED) is 0.218. The molecule has 0 saturated carbocycles. The van der Waals surface area contributed by atoms with E-state index in [4.69, 9.17) is 4.74 Å². The Bertz CT molecular complexity index is 692. The summed E-state index contributed by atoms with van der Waals surface area (Å²) in [4.78, 5) is 33.8. The van der Waals surface area contributed by atoms with Crippen LogP contribution in [0.5, 0.6) is 0 Å². The van der Waals surface area contributed by atoms with Crippen molar-refractivity contribution in [2.24, 2.45) is 0 Å². The molecule has 24 heavy (non-hydrogen) atoms. The fourth-order valence-corrected chi connectivity index (χ4v) is 1.59. The van der Waals surface area contributed by atoms with Gasteiger partial charge in [-0.2, -0.15) is 4.73 Å². The number of amides is 1. The lowest BCUT2D eigenvalue weighted by Crippen LogP contribution is -2.34. The van der Waals surface area contributed by atoms with Gasteiger partial charge in [-0.15, -0.1) is 0 Å². The number of esters is 1. The van der Waals surface area contributed by atoms with Gasteiger partial charge in [-0.1, -0.05) is 0 Å². The first-order valence-electron chi connectivity index (χ1n) is 6.70. The van der Waals surface area contributed by atoms with E-state index < -0.39 is 34.0 Å². The van der Waals surface area contributed by atoms with Crippen LogP contribution in [0.1, 0.15) is 26.3 Å². The van der Waals surface area contributed by atoms with Gasteiger partial charge < -0.3 is 14.7 Å². The van der Waals surface area contributed by atoms with Crippen molar-refractivity contribution >= 4 is 23.8 Å². The predicted octanol–water partition coefficient (Wildman–Crippen LogP) is 1.27. The van der Waals surface area contributed by atoms with E-state index in [2.05, 4.69) is 10.1 Å². The fourth-order valence-electron chi connectivity index (χ4n) is 1.59. The molecule has 0 atom stereocenters. The number of nitrogens with zero attached hydrogens (tertiary/aromatic N) is 2. The first kappa shape index (κ1) is 18.9. The van der Waals surface area contributed by atoms with Gasteiger partial charge in [0.05, 0.1) is 18.1 Å². The van der Waals surface area contributed by atoms with Crippen molar-refractivity contribution in [2.75, 3.05) is 7.11 Å². The van der Waals surface area contributed by atoms with Gasteiger partial charge in [0.15, 0.2) is 12.4 Å². The molecule has 1 heterocycles. The van der Waals surface area contributed by atoms with Crippen LogP contribution in [0.15, 0.2) is 24.2 Å². The summed E-state index contributed by atoms with van der Waals surface area (Å²) in [5.74, 6) is -0.962. The maximum absolute atomic E-state index is 11.8. The molecule has 0 aliphatic rings. The van der Waals surface area contributed by atoms with Gasteiger partial charge in [0.25, 0.3) is 5.69 Å². The summed E-state index contributed by atoms with van der Waals surface area (Å²) in [7, 11) is 1.07. The molecule has 0 radical (unpaired) electrons. The van der Waals surface area contributed by atoms with Gasteiger partial charge in [0.1, 0.15) is 16.9 Å². The fraction of sp³-hybridized carbons (Fsp3) is 0.357. The Labute approximate surface area is 137 Å². The van der Waals surface area contributed by atoms with E-state index in [0.717, 1.165) is 31.6 Å². The lowest BCUT2D eigenvalue weighted by molar-refractivity contribution is -0.606. The van der Waals surface area contributed by atoms with Crippen molar-refractivity contribution in [3.63, 3.8) is 0 Å². The van der Waals surface area contributed by atoms with Gasteiger partial charge in [0, 0.05) is 0 Å². The largest absolute Gasteiger partial charge is 0.619 e. The third kappa shape index (κ3) is 5.55. The zero-order chi connectivity index (χ0) is 18.5. The van der Waals surface area contributed by atoms with Crippen LogP contribution < -0.4 is 10.0 Å². The number of aromatic nitrogens is 1.